The van der Waals surface area contributed by atoms with E-state index in [-0.39, 0.29) is 0 Å². The van der Waals surface area contributed by atoms with Gasteiger partial charge in [0, 0.05) is 32.7 Å². The van der Waals surface area contributed by atoms with Gasteiger partial charge in [-0.15, -0.1) is 0 Å². The van der Waals surface area contributed by atoms with Crippen molar-refractivity contribution in [2.24, 2.45) is 0 Å². The fraction of sp³-hybridized carbons (Fsp3) is 0. The molecule has 0 aliphatic heterocycles. The van der Waals surface area contributed by atoms with Crippen LogP contribution in [-0.4, -0.2) is 9.97 Å². The van der Waals surface area contributed by atoms with Crippen LogP contribution in [0.4, 0.5) is 0 Å². The van der Waals surface area contributed by atoms with Gasteiger partial charge in [-0.05, 0) is 68.7 Å². The molecule has 11 aromatic rings. The van der Waals surface area contributed by atoms with Crippen LogP contribution in [-0.2, 0) is 0 Å². The van der Waals surface area contributed by atoms with Gasteiger partial charge in [-0.2, -0.15) is 0 Å². The fourth-order valence-electron chi connectivity index (χ4n) is 7.79. The average molecular weight is 665 g/mol. The lowest BCUT2D eigenvalue weighted by Gasteiger charge is -2.11. The van der Waals surface area contributed by atoms with Crippen LogP contribution < -0.4 is 0 Å². The Morgan fingerprint density at radius 2 is 1.04 bits per heavy atom. The number of aromatic nitrogens is 2. The van der Waals surface area contributed by atoms with E-state index in [1.165, 1.54) is 21.9 Å². The van der Waals surface area contributed by atoms with Crippen LogP contribution >= 0.6 is 0 Å². The van der Waals surface area contributed by atoms with Gasteiger partial charge in [0.25, 0.3) is 0 Å². The quantitative estimate of drug-likeness (QED) is 0.188. The first kappa shape index (κ1) is 28.8. The van der Waals surface area contributed by atoms with Crippen LogP contribution in [0.15, 0.2) is 179 Å². The molecule has 4 heteroatoms. The zero-order valence-electron chi connectivity index (χ0n) is 27.9. The molecule has 4 nitrogen and oxygen atoms in total. The van der Waals surface area contributed by atoms with Gasteiger partial charge in [0.05, 0.1) is 0 Å². The minimum absolute atomic E-state index is 0.626. The summed E-state index contributed by atoms with van der Waals surface area (Å²) in [5.74, 6) is 0.626. The van der Waals surface area contributed by atoms with Crippen molar-refractivity contribution >= 4 is 65.6 Å². The molecule has 0 saturated heterocycles. The van der Waals surface area contributed by atoms with Crippen LogP contribution in [0.25, 0.3) is 110 Å². The third-order valence-electron chi connectivity index (χ3n) is 10.3. The van der Waals surface area contributed by atoms with E-state index in [0.717, 1.165) is 77.1 Å². The predicted molar refractivity (Wildman–Crippen MR) is 213 cm³/mol. The van der Waals surface area contributed by atoms with Gasteiger partial charge in [-0.1, -0.05) is 140 Å². The summed E-state index contributed by atoms with van der Waals surface area (Å²) in [5.41, 5.74) is 11.2. The second-order valence-electron chi connectivity index (χ2n) is 13.3. The molecule has 242 valence electrons. The molecule has 0 amide bonds. The number of nitrogens with zero attached hydrogens (tertiary/aromatic N) is 2. The average Bonchev–Trinajstić information content (AvgIpc) is 3.79. The maximum Gasteiger partial charge on any atom is 0.180 e. The summed E-state index contributed by atoms with van der Waals surface area (Å²) in [5, 5.41) is 7.67. The second-order valence-corrected chi connectivity index (χ2v) is 13.3. The summed E-state index contributed by atoms with van der Waals surface area (Å²) in [6.45, 7) is 0. The summed E-state index contributed by atoms with van der Waals surface area (Å²) in [6.07, 6.45) is 0. The van der Waals surface area contributed by atoms with Crippen molar-refractivity contribution in [3.63, 3.8) is 0 Å². The van der Waals surface area contributed by atoms with Crippen LogP contribution in [0, 0.1) is 0 Å². The van der Waals surface area contributed by atoms with Crippen molar-refractivity contribution in [1.29, 1.82) is 0 Å². The van der Waals surface area contributed by atoms with Gasteiger partial charge in [-0.3, -0.25) is 0 Å². The standard InChI is InChI=1S/C48H28N2O2/c1-2-12-32(13-3-1)44-47-45(37-17-8-9-19-41(37)51-47)50-48(49-44)38-18-10-20-42-43(38)40-28-39(35-15-6-7-16-36(35)46(40)52-42)31-24-21-30(22-25-31)34-26-23-29-11-4-5-14-33(29)27-34/h1-28H. The van der Waals surface area contributed by atoms with Crippen molar-refractivity contribution in [1.82, 2.24) is 9.97 Å². The van der Waals surface area contributed by atoms with Crippen molar-refractivity contribution < 1.29 is 8.83 Å². The van der Waals surface area contributed by atoms with Crippen molar-refractivity contribution in [3.05, 3.63) is 170 Å². The van der Waals surface area contributed by atoms with Gasteiger partial charge in [0.2, 0.25) is 0 Å². The minimum Gasteiger partial charge on any atom is -0.455 e. The molecule has 8 aromatic carbocycles. The van der Waals surface area contributed by atoms with E-state index in [1.54, 1.807) is 0 Å². The highest BCUT2D eigenvalue weighted by atomic mass is 16.3. The maximum atomic E-state index is 6.71. The van der Waals surface area contributed by atoms with E-state index in [2.05, 4.69) is 121 Å². The van der Waals surface area contributed by atoms with Gasteiger partial charge >= 0.3 is 0 Å². The lowest BCUT2D eigenvalue weighted by atomic mass is 9.93. The highest BCUT2D eigenvalue weighted by Gasteiger charge is 2.22. The highest BCUT2D eigenvalue weighted by Crippen LogP contribution is 2.44. The Labute approximate surface area is 298 Å². The van der Waals surface area contributed by atoms with Crippen LogP contribution in [0.5, 0.6) is 0 Å². The molecule has 11 rings (SSSR count). The smallest absolute Gasteiger partial charge is 0.180 e. The Balaban J connectivity index is 1.13. The van der Waals surface area contributed by atoms with E-state index in [1.807, 2.05) is 48.5 Å². The third kappa shape index (κ3) is 4.41. The van der Waals surface area contributed by atoms with Crippen LogP contribution in [0.3, 0.4) is 0 Å². The topological polar surface area (TPSA) is 52.1 Å². The number of para-hydroxylation sites is 1. The van der Waals surface area contributed by atoms with Gasteiger partial charge in [-0.25, -0.2) is 9.97 Å². The first-order valence-electron chi connectivity index (χ1n) is 17.5. The van der Waals surface area contributed by atoms with Crippen LogP contribution in [0.2, 0.25) is 0 Å². The van der Waals surface area contributed by atoms with Crippen molar-refractivity contribution in [2.45, 2.75) is 0 Å². The summed E-state index contributed by atoms with van der Waals surface area (Å²) in [7, 11) is 0. The molecular formula is C48H28N2O2. The summed E-state index contributed by atoms with van der Waals surface area (Å²) in [4.78, 5) is 10.4. The molecule has 3 aromatic heterocycles. The zero-order valence-corrected chi connectivity index (χ0v) is 27.9. The molecule has 0 fully saturated rings. The molecule has 52 heavy (non-hydrogen) atoms. The van der Waals surface area contributed by atoms with Crippen LogP contribution in [0.1, 0.15) is 0 Å². The Hall–Kier alpha value is -7.04. The molecule has 0 radical (unpaired) electrons. The molecule has 0 spiro atoms. The van der Waals surface area contributed by atoms with Crippen molar-refractivity contribution in [3.8, 4) is 44.9 Å². The molecule has 0 unspecified atom stereocenters. The summed E-state index contributed by atoms with van der Waals surface area (Å²) < 4.78 is 13.1. The molecule has 0 saturated carbocycles. The first-order chi connectivity index (χ1) is 25.8. The van der Waals surface area contributed by atoms with Gasteiger partial charge in [0.15, 0.2) is 11.4 Å². The SMILES string of the molecule is c1ccc(-c2nc(-c3cccc4oc5c6ccccc6c(-c6ccc(-c7ccc8ccccc8c7)cc6)cc5c34)nc3c2oc2ccccc23)cc1. The van der Waals surface area contributed by atoms with Crippen molar-refractivity contribution in [2.75, 3.05) is 0 Å². The number of benzene rings is 8. The predicted octanol–water partition coefficient (Wildman–Crippen LogP) is 13.2. The number of furan rings is 2. The lowest BCUT2D eigenvalue weighted by Crippen LogP contribution is -1.94. The number of hydrogen-bond donors (Lipinski definition) is 0. The molecule has 0 aliphatic rings. The van der Waals surface area contributed by atoms with Gasteiger partial charge in [0.1, 0.15) is 28.0 Å². The monoisotopic (exact) mass is 664 g/mol. The maximum absolute atomic E-state index is 6.71. The minimum atomic E-state index is 0.626. The summed E-state index contributed by atoms with van der Waals surface area (Å²) >= 11 is 0. The molecule has 3 heterocycles. The van der Waals surface area contributed by atoms with E-state index in [9.17, 15) is 0 Å². The molecule has 0 bridgehead atoms. The van der Waals surface area contributed by atoms with E-state index in [4.69, 9.17) is 18.8 Å². The normalized spacial score (nSPS) is 11.8. The van der Waals surface area contributed by atoms with E-state index < -0.39 is 0 Å². The Morgan fingerprint density at radius 3 is 1.90 bits per heavy atom. The Morgan fingerprint density at radius 1 is 0.365 bits per heavy atom. The molecule has 0 aliphatic carbocycles. The largest absolute Gasteiger partial charge is 0.455 e. The first-order valence-corrected chi connectivity index (χ1v) is 17.5. The van der Waals surface area contributed by atoms with E-state index >= 15 is 0 Å². The summed E-state index contributed by atoms with van der Waals surface area (Å²) in [6, 6.07) is 59.3. The number of rotatable bonds is 4. The number of fused-ring (bicyclic) bond motifs is 9. The molecule has 0 N–H and O–H groups in total. The highest BCUT2D eigenvalue weighted by molar-refractivity contribution is 6.22. The second kappa shape index (κ2) is 11.2. The molecular weight excluding hydrogens is 637 g/mol. The molecule has 0 atom stereocenters. The Bertz CT molecular complexity index is 3170. The third-order valence-corrected chi connectivity index (χ3v) is 10.3. The zero-order chi connectivity index (χ0) is 34.2. The number of hydrogen-bond acceptors (Lipinski definition) is 4. The lowest BCUT2D eigenvalue weighted by molar-refractivity contribution is 0.667. The van der Waals surface area contributed by atoms with E-state index in [0.29, 0.717) is 11.4 Å². The fourth-order valence-corrected chi connectivity index (χ4v) is 7.79. The van der Waals surface area contributed by atoms with Gasteiger partial charge < -0.3 is 8.83 Å². The Kier molecular flexibility index (Phi) is 6.22.